The number of hydrogen-bond acceptors (Lipinski definition) is 3. The molecule has 1 fully saturated rings. The van der Waals surface area contributed by atoms with Crippen LogP contribution in [0.1, 0.15) is 36.8 Å². The van der Waals surface area contributed by atoms with E-state index in [1.165, 1.54) is 25.0 Å². The SMILES string of the molecule is Cc1cc(F)cc(C)c1S(=O)(=O)NCCC1CCCCN1. The van der Waals surface area contributed by atoms with E-state index in [2.05, 4.69) is 10.0 Å². The maximum atomic E-state index is 13.3. The molecule has 1 heterocycles. The van der Waals surface area contributed by atoms with Crippen LogP contribution in [0.3, 0.4) is 0 Å². The lowest BCUT2D eigenvalue weighted by atomic mass is 10.0. The fourth-order valence-corrected chi connectivity index (χ4v) is 4.43. The molecule has 0 saturated carbocycles. The van der Waals surface area contributed by atoms with Crippen LogP contribution in [0.4, 0.5) is 4.39 Å². The molecule has 4 nitrogen and oxygen atoms in total. The van der Waals surface area contributed by atoms with Gasteiger partial charge in [0.25, 0.3) is 0 Å². The Balaban J connectivity index is 2.01. The van der Waals surface area contributed by atoms with Gasteiger partial charge in [-0.15, -0.1) is 0 Å². The van der Waals surface area contributed by atoms with E-state index in [1.807, 2.05) is 0 Å². The molecule has 2 N–H and O–H groups in total. The number of hydrogen-bond donors (Lipinski definition) is 2. The maximum Gasteiger partial charge on any atom is 0.241 e. The van der Waals surface area contributed by atoms with Gasteiger partial charge >= 0.3 is 0 Å². The van der Waals surface area contributed by atoms with Crippen molar-refractivity contribution in [1.29, 1.82) is 0 Å². The molecule has 0 aliphatic carbocycles. The van der Waals surface area contributed by atoms with Crippen LogP contribution in [-0.4, -0.2) is 27.5 Å². The molecule has 1 aromatic carbocycles. The second-order valence-electron chi connectivity index (χ2n) is 5.70. The van der Waals surface area contributed by atoms with Crippen LogP contribution < -0.4 is 10.0 Å². The van der Waals surface area contributed by atoms with E-state index < -0.39 is 15.8 Å². The van der Waals surface area contributed by atoms with Gasteiger partial charge in [-0.3, -0.25) is 0 Å². The highest BCUT2D eigenvalue weighted by molar-refractivity contribution is 7.89. The van der Waals surface area contributed by atoms with Crippen molar-refractivity contribution in [1.82, 2.24) is 10.0 Å². The highest BCUT2D eigenvalue weighted by Gasteiger charge is 2.21. The Bertz CT molecular complexity index is 573. The smallest absolute Gasteiger partial charge is 0.241 e. The van der Waals surface area contributed by atoms with Gasteiger partial charge in [0.05, 0.1) is 4.90 Å². The van der Waals surface area contributed by atoms with Crippen LogP contribution in [-0.2, 0) is 10.0 Å². The lowest BCUT2D eigenvalue weighted by Crippen LogP contribution is -2.37. The molecule has 6 heteroatoms. The van der Waals surface area contributed by atoms with Gasteiger partial charge in [0.15, 0.2) is 0 Å². The number of aryl methyl sites for hydroxylation is 2. The van der Waals surface area contributed by atoms with Gasteiger partial charge in [-0.05, 0) is 62.9 Å². The monoisotopic (exact) mass is 314 g/mol. The Hall–Kier alpha value is -0.980. The molecule has 0 radical (unpaired) electrons. The van der Waals surface area contributed by atoms with Crippen molar-refractivity contribution in [2.75, 3.05) is 13.1 Å². The van der Waals surface area contributed by atoms with Gasteiger partial charge in [0.1, 0.15) is 5.82 Å². The third kappa shape index (κ3) is 4.25. The minimum Gasteiger partial charge on any atom is -0.314 e. The molecule has 0 amide bonds. The largest absolute Gasteiger partial charge is 0.314 e. The third-order valence-electron chi connectivity index (χ3n) is 3.89. The van der Waals surface area contributed by atoms with Gasteiger partial charge in [0, 0.05) is 12.6 Å². The molecule has 1 atom stereocenters. The number of benzene rings is 1. The van der Waals surface area contributed by atoms with Crippen LogP contribution in [0.2, 0.25) is 0 Å². The summed E-state index contributed by atoms with van der Waals surface area (Å²) in [5.41, 5.74) is 0.881. The Morgan fingerprint density at radius 1 is 1.29 bits per heavy atom. The molecular weight excluding hydrogens is 291 g/mol. The molecule has 1 aliphatic heterocycles. The van der Waals surface area contributed by atoms with Crippen molar-refractivity contribution in [2.24, 2.45) is 0 Å². The molecule has 0 spiro atoms. The summed E-state index contributed by atoms with van der Waals surface area (Å²) in [4.78, 5) is 0.195. The molecule has 1 saturated heterocycles. The normalized spacial score (nSPS) is 19.7. The summed E-state index contributed by atoms with van der Waals surface area (Å²) in [6.45, 7) is 4.64. The Morgan fingerprint density at radius 3 is 2.52 bits per heavy atom. The van der Waals surface area contributed by atoms with E-state index in [9.17, 15) is 12.8 Å². The van der Waals surface area contributed by atoms with Crippen molar-refractivity contribution in [3.05, 3.63) is 29.1 Å². The Labute approximate surface area is 126 Å². The van der Waals surface area contributed by atoms with Crippen LogP contribution in [0, 0.1) is 19.7 Å². The van der Waals surface area contributed by atoms with Crippen LogP contribution in [0.15, 0.2) is 17.0 Å². The van der Waals surface area contributed by atoms with Crippen LogP contribution in [0.25, 0.3) is 0 Å². The second-order valence-corrected chi connectivity index (χ2v) is 7.41. The quantitative estimate of drug-likeness (QED) is 0.876. The van der Waals surface area contributed by atoms with Gasteiger partial charge in [0.2, 0.25) is 10.0 Å². The van der Waals surface area contributed by atoms with Crippen molar-refractivity contribution in [2.45, 2.75) is 50.5 Å². The molecule has 1 aromatic rings. The van der Waals surface area contributed by atoms with Crippen molar-refractivity contribution in [3.63, 3.8) is 0 Å². The van der Waals surface area contributed by atoms with E-state index in [-0.39, 0.29) is 4.90 Å². The van der Waals surface area contributed by atoms with Gasteiger partial charge in [-0.25, -0.2) is 17.5 Å². The summed E-state index contributed by atoms with van der Waals surface area (Å²) in [5.74, 6) is -0.407. The lowest BCUT2D eigenvalue weighted by molar-refractivity contribution is 0.382. The molecule has 1 unspecified atom stereocenters. The number of halogens is 1. The Kier molecular flexibility index (Phi) is 5.35. The number of sulfonamides is 1. The minimum atomic E-state index is -3.58. The van der Waals surface area contributed by atoms with Crippen LogP contribution >= 0.6 is 0 Å². The summed E-state index contributed by atoms with van der Waals surface area (Å²) in [7, 11) is -3.58. The van der Waals surface area contributed by atoms with E-state index >= 15 is 0 Å². The summed E-state index contributed by atoms with van der Waals surface area (Å²) >= 11 is 0. The number of rotatable bonds is 5. The van der Waals surface area contributed by atoms with Gasteiger partial charge < -0.3 is 5.32 Å². The maximum absolute atomic E-state index is 13.3. The van der Waals surface area contributed by atoms with E-state index in [0.717, 1.165) is 19.4 Å². The predicted molar refractivity (Wildman–Crippen MR) is 81.3 cm³/mol. The standard InChI is InChI=1S/C15H23FN2O2S/c1-11-9-13(16)10-12(2)15(11)21(19,20)18-8-6-14-5-3-4-7-17-14/h9-10,14,17-18H,3-8H2,1-2H3. The van der Waals surface area contributed by atoms with E-state index in [4.69, 9.17) is 0 Å². The second kappa shape index (κ2) is 6.85. The molecule has 2 rings (SSSR count). The fraction of sp³-hybridized carbons (Fsp3) is 0.600. The zero-order valence-corrected chi connectivity index (χ0v) is 13.4. The molecular formula is C15H23FN2O2S. The molecule has 21 heavy (non-hydrogen) atoms. The molecule has 1 aliphatic rings. The molecule has 118 valence electrons. The van der Waals surface area contributed by atoms with Crippen molar-refractivity contribution in [3.8, 4) is 0 Å². The first-order valence-electron chi connectivity index (χ1n) is 7.40. The molecule has 0 aromatic heterocycles. The highest BCUT2D eigenvalue weighted by Crippen LogP contribution is 2.21. The van der Waals surface area contributed by atoms with Crippen molar-refractivity contribution < 1.29 is 12.8 Å². The fourth-order valence-electron chi connectivity index (χ4n) is 2.93. The predicted octanol–water partition coefficient (Wildman–Crippen LogP) is 2.25. The zero-order valence-electron chi connectivity index (χ0n) is 12.6. The van der Waals surface area contributed by atoms with E-state index in [0.29, 0.717) is 23.7 Å². The van der Waals surface area contributed by atoms with Crippen molar-refractivity contribution >= 4 is 10.0 Å². The summed E-state index contributed by atoms with van der Waals surface area (Å²) < 4.78 is 40.6. The summed E-state index contributed by atoms with van der Waals surface area (Å²) in [6, 6.07) is 2.89. The van der Waals surface area contributed by atoms with E-state index in [1.54, 1.807) is 13.8 Å². The minimum absolute atomic E-state index is 0.195. The first kappa shape index (κ1) is 16.4. The van der Waals surface area contributed by atoms with Crippen LogP contribution in [0.5, 0.6) is 0 Å². The average Bonchev–Trinajstić information content (AvgIpc) is 2.38. The van der Waals surface area contributed by atoms with Gasteiger partial charge in [-0.2, -0.15) is 0 Å². The Morgan fingerprint density at radius 2 is 1.95 bits per heavy atom. The summed E-state index contributed by atoms with van der Waals surface area (Å²) in [6.07, 6.45) is 4.26. The average molecular weight is 314 g/mol. The number of piperidine rings is 1. The zero-order chi connectivity index (χ0) is 15.5. The summed E-state index contributed by atoms with van der Waals surface area (Å²) in [5, 5.41) is 3.39. The first-order chi connectivity index (χ1) is 9.90. The topological polar surface area (TPSA) is 58.2 Å². The third-order valence-corrected chi connectivity index (χ3v) is 5.66. The highest BCUT2D eigenvalue weighted by atomic mass is 32.2. The lowest BCUT2D eigenvalue weighted by Gasteiger charge is -2.23. The number of nitrogens with one attached hydrogen (secondary N) is 2. The molecule has 0 bridgehead atoms. The van der Waals surface area contributed by atoms with Gasteiger partial charge in [-0.1, -0.05) is 6.42 Å². The first-order valence-corrected chi connectivity index (χ1v) is 8.88.